The van der Waals surface area contributed by atoms with Gasteiger partial charge in [0, 0.05) is 11.1 Å². The van der Waals surface area contributed by atoms with E-state index in [4.69, 9.17) is 11.6 Å². The van der Waals surface area contributed by atoms with Crippen molar-refractivity contribution in [3.05, 3.63) is 29.0 Å². The largest absolute Gasteiger partial charge is 0.313 e. The Hall–Kier alpha value is -0.850. The van der Waals surface area contributed by atoms with Crippen LogP contribution in [-0.2, 0) is 10.0 Å². The van der Waals surface area contributed by atoms with Crippen molar-refractivity contribution in [1.29, 1.82) is 0 Å². The highest BCUT2D eigenvalue weighted by molar-refractivity contribution is 7.92. The first-order chi connectivity index (χ1) is 8.94. The van der Waals surface area contributed by atoms with Crippen LogP contribution in [0.4, 0.5) is 10.1 Å². The summed E-state index contributed by atoms with van der Waals surface area (Å²) >= 11 is 5.68. The number of benzene rings is 1. The van der Waals surface area contributed by atoms with Crippen molar-refractivity contribution in [2.24, 2.45) is 0 Å². The summed E-state index contributed by atoms with van der Waals surface area (Å²) in [6, 6.07) is 3.58. The first kappa shape index (κ1) is 14.6. The number of halogens is 2. The summed E-state index contributed by atoms with van der Waals surface area (Å²) in [7, 11) is -3.51. The van der Waals surface area contributed by atoms with Gasteiger partial charge in [-0.2, -0.15) is 0 Å². The predicted octanol–water partition coefficient (Wildman–Crippen LogP) is 2.36. The van der Waals surface area contributed by atoms with E-state index in [9.17, 15) is 12.8 Å². The topological polar surface area (TPSA) is 58.2 Å². The van der Waals surface area contributed by atoms with Crippen molar-refractivity contribution in [1.82, 2.24) is 5.32 Å². The van der Waals surface area contributed by atoms with E-state index in [0.29, 0.717) is 0 Å². The lowest BCUT2D eigenvalue weighted by molar-refractivity contribution is 0.424. The van der Waals surface area contributed by atoms with Crippen LogP contribution in [0.25, 0.3) is 0 Å². The van der Waals surface area contributed by atoms with E-state index >= 15 is 0 Å². The van der Waals surface area contributed by atoms with E-state index in [1.807, 2.05) is 0 Å². The summed E-state index contributed by atoms with van der Waals surface area (Å²) in [5, 5.41) is 3.33. The van der Waals surface area contributed by atoms with Crippen molar-refractivity contribution >= 4 is 27.3 Å². The molecule has 7 heteroatoms. The normalized spacial score (nSPS) is 20.2. The fourth-order valence-electron chi connectivity index (χ4n) is 2.17. The number of rotatable bonds is 4. The molecule has 2 N–H and O–H groups in total. The molecular weight excluding hydrogens is 291 g/mol. The Balaban J connectivity index is 2.03. The summed E-state index contributed by atoms with van der Waals surface area (Å²) in [4.78, 5) is 0. The van der Waals surface area contributed by atoms with Crippen molar-refractivity contribution in [2.75, 3.05) is 17.0 Å². The van der Waals surface area contributed by atoms with Gasteiger partial charge in [0.05, 0.1) is 11.4 Å². The van der Waals surface area contributed by atoms with Gasteiger partial charge in [-0.3, -0.25) is 4.72 Å². The van der Waals surface area contributed by atoms with Gasteiger partial charge in [0.2, 0.25) is 10.0 Å². The molecule has 2 rings (SSSR count). The van der Waals surface area contributed by atoms with Gasteiger partial charge in [0.1, 0.15) is 5.82 Å². The van der Waals surface area contributed by atoms with Crippen molar-refractivity contribution in [3.8, 4) is 0 Å². The minimum atomic E-state index is -3.51. The predicted molar refractivity (Wildman–Crippen MR) is 74.5 cm³/mol. The Kier molecular flexibility index (Phi) is 4.65. The van der Waals surface area contributed by atoms with Crippen molar-refractivity contribution in [3.63, 3.8) is 0 Å². The van der Waals surface area contributed by atoms with Crippen molar-refractivity contribution in [2.45, 2.75) is 25.3 Å². The van der Waals surface area contributed by atoms with Gasteiger partial charge in [-0.25, -0.2) is 12.8 Å². The second kappa shape index (κ2) is 6.07. The number of hydrogen-bond donors (Lipinski definition) is 2. The van der Waals surface area contributed by atoms with Crippen LogP contribution in [0.1, 0.15) is 19.3 Å². The number of hydrogen-bond acceptors (Lipinski definition) is 3. The van der Waals surface area contributed by atoms with Gasteiger partial charge >= 0.3 is 0 Å². The third-order valence-corrected chi connectivity index (χ3v) is 4.58. The molecule has 1 heterocycles. The number of piperidine rings is 1. The summed E-state index contributed by atoms with van der Waals surface area (Å²) in [6.07, 6.45) is 2.94. The second-order valence-corrected chi connectivity index (χ2v) is 6.89. The lowest BCUT2D eigenvalue weighted by Crippen LogP contribution is -2.40. The van der Waals surface area contributed by atoms with E-state index < -0.39 is 15.8 Å². The summed E-state index contributed by atoms with van der Waals surface area (Å²) in [5.41, 5.74) is 0.154. The summed E-state index contributed by atoms with van der Waals surface area (Å²) < 4.78 is 39.4. The second-order valence-electron chi connectivity index (χ2n) is 4.69. The Labute approximate surface area is 117 Å². The first-order valence-electron chi connectivity index (χ1n) is 6.14. The maximum absolute atomic E-state index is 13.1. The van der Waals surface area contributed by atoms with Crippen LogP contribution < -0.4 is 10.0 Å². The van der Waals surface area contributed by atoms with E-state index in [1.165, 1.54) is 6.07 Å². The third-order valence-electron chi connectivity index (χ3n) is 2.97. The number of sulfonamides is 1. The molecule has 1 aromatic rings. The molecule has 0 aromatic heterocycles. The molecule has 1 unspecified atom stereocenters. The minimum absolute atomic E-state index is 0.0128. The Morgan fingerprint density at radius 2 is 2.16 bits per heavy atom. The van der Waals surface area contributed by atoms with E-state index in [0.717, 1.165) is 37.9 Å². The zero-order valence-electron chi connectivity index (χ0n) is 10.3. The molecule has 19 heavy (non-hydrogen) atoms. The molecule has 1 fully saturated rings. The average Bonchev–Trinajstić information content (AvgIpc) is 2.27. The molecule has 1 saturated heterocycles. The molecule has 1 aromatic carbocycles. The van der Waals surface area contributed by atoms with Crippen LogP contribution in [-0.4, -0.2) is 26.8 Å². The Bertz CT molecular complexity index is 524. The zero-order chi connectivity index (χ0) is 13.9. The standard InChI is InChI=1S/C12H16ClFN2O2S/c13-9-5-10(14)7-12(6-9)16-19(17,18)8-11-3-1-2-4-15-11/h5-7,11,15-16H,1-4,8H2. The molecule has 0 radical (unpaired) electrons. The fourth-order valence-corrected chi connectivity index (χ4v) is 3.76. The third kappa shape index (κ3) is 4.63. The van der Waals surface area contributed by atoms with Gasteiger partial charge in [0.25, 0.3) is 0 Å². The average molecular weight is 307 g/mol. The number of nitrogens with one attached hydrogen (secondary N) is 2. The molecule has 0 aliphatic carbocycles. The van der Waals surface area contributed by atoms with Crippen LogP contribution in [0.5, 0.6) is 0 Å². The van der Waals surface area contributed by atoms with Crippen LogP contribution >= 0.6 is 11.6 Å². The molecule has 1 aliphatic rings. The van der Waals surface area contributed by atoms with Gasteiger partial charge in [0.15, 0.2) is 0 Å². The fraction of sp³-hybridized carbons (Fsp3) is 0.500. The van der Waals surface area contributed by atoms with Gasteiger partial charge in [-0.1, -0.05) is 18.0 Å². The van der Waals surface area contributed by atoms with Crippen molar-refractivity contribution < 1.29 is 12.8 Å². The highest BCUT2D eigenvalue weighted by Crippen LogP contribution is 2.19. The van der Waals surface area contributed by atoms with E-state index in [-0.39, 0.29) is 22.5 Å². The van der Waals surface area contributed by atoms with Gasteiger partial charge in [-0.05, 0) is 37.6 Å². The van der Waals surface area contributed by atoms with Gasteiger partial charge < -0.3 is 5.32 Å². The zero-order valence-corrected chi connectivity index (χ0v) is 11.9. The molecule has 4 nitrogen and oxygen atoms in total. The maximum atomic E-state index is 13.1. The molecule has 0 saturated carbocycles. The summed E-state index contributed by atoms with van der Waals surface area (Å²) in [6.45, 7) is 0.839. The molecule has 0 amide bonds. The summed E-state index contributed by atoms with van der Waals surface area (Å²) in [5.74, 6) is -0.581. The SMILES string of the molecule is O=S(=O)(CC1CCCCN1)Nc1cc(F)cc(Cl)c1. The lowest BCUT2D eigenvalue weighted by atomic mass is 10.1. The van der Waals surface area contributed by atoms with Crippen LogP contribution in [0.2, 0.25) is 5.02 Å². The highest BCUT2D eigenvalue weighted by Gasteiger charge is 2.21. The minimum Gasteiger partial charge on any atom is -0.313 e. The highest BCUT2D eigenvalue weighted by atomic mass is 35.5. The molecule has 1 aliphatic heterocycles. The first-order valence-corrected chi connectivity index (χ1v) is 8.18. The monoisotopic (exact) mass is 306 g/mol. The smallest absolute Gasteiger partial charge is 0.234 e. The molecular formula is C12H16ClFN2O2S. The van der Waals surface area contributed by atoms with Crippen LogP contribution in [0.15, 0.2) is 18.2 Å². The molecule has 0 bridgehead atoms. The molecule has 1 atom stereocenters. The molecule has 0 spiro atoms. The maximum Gasteiger partial charge on any atom is 0.234 e. The van der Waals surface area contributed by atoms with Crippen LogP contribution in [0, 0.1) is 5.82 Å². The lowest BCUT2D eigenvalue weighted by Gasteiger charge is -2.23. The van der Waals surface area contributed by atoms with E-state index in [2.05, 4.69) is 10.0 Å². The van der Waals surface area contributed by atoms with Gasteiger partial charge in [-0.15, -0.1) is 0 Å². The van der Waals surface area contributed by atoms with Crippen LogP contribution in [0.3, 0.4) is 0 Å². The molecule has 106 valence electrons. The number of anilines is 1. The quantitative estimate of drug-likeness (QED) is 0.898. The Morgan fingerprint density at radius 3 is 2.79 bits per heavy atom. The van der Waals surface area contributed by atoms with E-state index in [1.54, 1.807) is 0 Å². The Morgan fingerprint density at radius 1 is 1.37 bits per heavy atom.